The maximum atomic E-state index is 6.86. The van der Waals surface area contributed by atoms with Gasteiger partial charge in [-0.25, -0.2) is 0 Å². The number of hydrogen-bond donors (Lipinski definition) is 0. The molecule has 2 heteroatoms. The zero-order valence-corrected chi connectivity index (χ0v) is 15.7. The quantitative estimate of drug-likeness (QED) is 0.678. The lowest BCUT2D eigenvalue weighted by atomic mass is 10.2. The normalized spacial score (nSPS) is 13.0. The first-order chi connectivity index (χ1) is 10.2. The van der Waals surface area contributed by atoms with Crippen LogP contribution >= 0.6 is 0 Å². The molecule has 0 spiro atoms. The molecule has 0 amide bonds. The number of rotatable bonds is 3. The second-order valence-electron chi connectivity index (χ2n) is 7.96. The summed E-state index contributed by atoms with van der Waals surface area (Å²) in [7, 11) is -2.32. The van der Waals surface area contributed by atoms with Gasteiger partial charge in [-0.15, -0.1) is 0 Å². The summed E-state index contributed by atoms with van der Waals surface area (Å²) in [6.07, 6.45) is 0. The van der Waals surface area contributed by atoms with Gasteiger partial charge in [0.2, 0.25) is 0 Å². The summed E-state index contributed by atoms with van der Waals surface area (Å²) in [5.74, 6) is 0.975. The Morgan fingerprint density at radius 2 is 1.05 bits per heavy atom. The van der Waals surface area contributed by atoms with E-state index in [-0.39, 0.29) is 10.1 Å². The average molecular weight is 313 g/mol. The smallest absolute Gasteiger partial charge is 0.293 e. The highest BCUT2D eigenvalue weighted by Gasteiger charge is 2.58. The molecule has 0 aliphatic heterocycles. The van der Waals surface area contributed by atoms with E-state index in [1.807, 2.05) is 18.2 Å². The third kappa shape index (κ3) is 2.98. The van der Waals surface area contributed by atoms with Gasteiger partial charge in [-0.3, -0.25) is 0 Å². The van der Waals surface area contributed by atoms with Crippen LogP contribution in [0.25, 0.3) is 0 Å². The number of benzene rings is 2. The van der Waals surface area contributed by atoms with Gasteiger partial charge in [0.15, 0.2) is 0 Å². The molecule has 0 aliphatic carbocycles. The second-order valence-corrected chi connectivity index (χ2v) is 13.1. The van der Waals surface area contributed by atoms with Gasteiger partial charge in [0.1, 0.15) is 5.75 Å². The summed E-state index contributed by atoms with van der Waals surface area (Å²) in [4.78, 5) is 0. The zero-order chi connectivity index (χ0) is 16.4. The first-order valence-electron chi connectivity index (χ1n) is 7.98. The Bertz CT molecular complexity index is 577. The molecule has 118 valence electrons. The van der Waals surface area contributed by atoms with E-state index in [2.05, 4.69) is 84.0 Å². The molecular weight excluding hydrogens is 284 g/mol. The van der Waals surface area contributed by atoms with Gasteiger partial charge >= 0.3 is 0 Å². The van der Waals surface area contributed by atoms with E-state index < -0.39 is 8.32 Å². The predicted octanol–water partition coefficient (Wildman–Crippen LogP) is 5.52. The highest BCUT2D eigenvalue weighted by Crippen LogP contribution is 2.51. The van der Waals surface area contributed by atoms with Gasteiger partial charge in [0, 0.05) is 0 Å². The molecule has 2 aromatic rings. The summed E-state index contributed by atoms with van der Waals surface area (Å²) in [6.45, 7) is 13.9. The van der Waals surface area contributed by atoms with Crippen molar-refractivity contribution in [3.05, 3.63) is 60.7 Å². The van der Waals surface area contributed by atoms with Crippen LogP contribution in [0.4, 0.5) is 0 Å². The SMILES string of the molecule is CC(C)(C)[Si](Oc1ccccc1)(c1ccccc1)C(C)(C)C. The molecule has 1 nitrogen and oxygen atoms in total. The van der Waals surface area contributed by atoms with Gasteiger partial charge in [0.05, 0.1) is 0 Å². The fraction of sp³-hybridized carbons (Fsp3) is 0.400. The Labute approximate surface area is 136 Å². The lowest BCUT2D eigenvalue weighted by Crippen LogP contribution is -2.66. The van der Waals surface area contributed by atoms with Crippen LogP contribution in [0.5, 0.6) is 5.75 Å². The van der Waals surface area contributed by atoms with Crippen molar-refractivity contribution in [1.29, 1.82) is 0 Å². The van der Waals surface area contributed by atoms with E-state index in [4.69, 9.17) is 4.43 Å². The largest absolute Gasteiger partial charge is 0.538 e. The van der Waals surface area contributed by atoms with Gasteiger partial charge in [0.25, 0.3) is 8.32 Å². The van der Waals surface area contributed by atoms with E-state index >= 15 is 0 Å². The molecule has 0 bridgehead atoms. The Morgan fingerprint density at radius 3 is 1.45 bits per heavy atom. The van der Waals surface area contributed by atoms with Crippen molar-refractivity contribution in [3.63, 3.8) is 0 Å². The molecule has 0 N–H and O–H groups in total. The monoisotopic (exact) mass is 312 g/mol. The lowest BCUT2D eigenvalue weighted by molar-refractivity contribution is 0.439. The zero-order valence-electron chi connectivity index (χ0n) is 14.7. The van der Waals surface area contributed by atoms with E-state index in [0.29, 0.717) is 0 Å². The van der Waals surface area contributed by atoms with Crippen LogP contribution in [0.3, 0.4) is 0 Å². The predicted molar refractivity (Wildman–Crippen MR) is 98.3 cm³/mol. The average Bonchev–Trinajstić information content (AvgIpc) is 2.44. The summed E-state index contributed by atoms with van der Waals surface area (Å²) < 4.78 is 6.86. The molecule has 0 atom stereocenters. The second kappa shape index (κ2) is 5.92. The summed E-state index contributed by atoms with van der Waals surface area (Å²) in [5.41, 5.74) is 0. The fourth-order valence-electron chi connectivity index (χ4n) is 3.69. The van der Waals surface area contributed by atoms with Crippen LogP contribution in [0.15, 0.2) is 60.7 Å². The van der Waals surface area contributed by atoms with Gasteiger partial charge < -0.3 is 4.43 Å². The molecule has 0 aliphatic rings. The molecule has 0 unspecified atom stereocenters. The highest BCUT2D eigenvalue weighted by molar-refractivity contribution is 6.91. The van der Waals surface area contributed by atoms with Crippen LogP contribution in [0.1, 0.15) is 41.5 Å². The minimum atomic E-state index is -2.32. The molecule has 2 rings (SSSR count). The summed E-state index contributed by atoms with van der Waals surface area (Å²) in [5, 5.41) is 1.50. The Morgan fingerprint density at radius 1 is 0.636 bits per heavy atom. The van der Waals surface area contributed by atoms with Crippen LogP contribution in [0.2, 0.25) is 10.1 Å². The van der Waals surface area contributed by atoms with Crippen LogP contribution < -0.4 is 9.61 Å². The number of para-hydroxylation sites is 1. The van der Waals surface area contributed by atoms with Crippen LogP contribution in [-0.4, -0.2) is 8.32 Å². The van der Waals surface area contributed by atoms with E-state index in [0.717, 1.165) is 5.75 Å². The van der Waals surface area contributed by atoms with Crippen molar-refractivity contribution in [3.8, 4) is 5.75 Å². The molecule has 22 heavy (non-hydrogen) atoms. The third-order valence-electron chi connectivity index (χ3n) is 4.31. The van der Waals surface area contributed by atoms with E-state index in [1.54, 1.807) is 0 Å². The van der Waals surface area contributed by atoms with Crippen molar-refractivity contribution in [2.75, 3.05) is 0 Å². The van der Waals surface area contributed by atoms with E-state index in [9.17, 15) is 0 Å². The van der Waals surface area contributed by atoms with Crippen molar-refractivity contribution < 1.29 is 4.43 Å². The van der Waals surface area contributed by atoms with Crippen molar-refractivity contribution in [2.45, 2.75) is 51.6 Å². The Hall–Kier alpha value is -1.54. The summed E-state index contributed by atoms with van der Waals surface area (Å²) in [6, 6.07) is 21.1. The number of hydrogen-bond acceptors (Lipinski definition) is 1. The molecule has 0 saturated carbocycles. The molecule has 0 heterocycles. The first-order valence-corrected chi connectivity index (χ1v) is 9.89. The van der Waals surface area contributed by atoms with Crippen molar-refractivity contribution in [2.24, 2.45) is 0 Å². The fourth-order valence-corrected chi connectivity index (χ4v) is 9.56. The molecule has 0 radical (unpaired) electrons. The Balaban J connectivity index is 2.67. The van der Waals surface area contributed by atoms with Gasteiger partial charge in [-0.05, 0) is 27.4 Å². The highest BCUT2D eigenvalue weighted by atomic mass is 28.4. The maximum Gasteiger partial charge on any atom is 0.293 e. The van der Waals surface area contributed by atoms with Crippen molar-refractivity contribution in [1.82, 2.24) is 0 Å². The molecular formula is C20H28OSi. The minimum Gasteiger partial charge on any atom is -0.538 e. The lowest BCUT2D eigenvalue weighted by Gasteiger charge is -2.50. The van der Waals surface area contributed by atoms with Crippen molar-refractivity contribution >= 4 is 13.5 Å². The minimum absolute atomic E-state index is 0.0719. The Kier molecular flexibility index (Phi) is 4.53. The van der Waals surface area contributed by atoms with E-state index in [1.165, 1.54) is 5.19 Å². The van der Waals surface area contributed by atoms with Crippen LogP contribution in [-0.2, 0) is 0 Å². The van der Waals surface area contributed by atoms with Gasteiger partial charge in [-0.1, -0.05) is 90.1 Å². The van der Waals surface area contributed by atoms with Crippen LogP contribution in [0, 0.1) is 0 Å². The maximum absolute atomic E-state index is 6.86. The summed E-state index contributed by atoms with van der Waals surface area (Å²) >= 11 is 0. The topological polar surface area (TPSA) is 9.23 Å². The van der Waals surface area contributed by atoms with Gasteiger partial charge in [-0.2, -0.15) is 0 Å². The molecule has 0 aromatic heterocycles. The third-order valence-corrected chi connectivity index (χ3v) is 10.2. The standard InChI is InChI=1S/C20H28OSi/c1-19(2,3)22(20(4,5)6,18-15-11-8-12-16-18)21-17-13-9-7-10-14-17/h7-16H,1-6H3. The molecule has 0 saturated heterocycles. The molecule has 0 fully saturated rings. The first kappa shape index (κ1) is 16.8. The molecule has 2 aromatic carbocycles.